The highest BCUT2D eigenvalue weighted by atomic mass is 16.6. The molecule has 0 bridgehead atoms. The minimum atomic E-state index is -1.03. The topological polar surface area (TPSA) is 58.9 Å². The lowest BCUT2D eigenvalue weighted by Gasteiger charge is -2.39. The molecule has 0 amide bonds. The molecule has 0 aliphatic carbocycles. The molecule has 1 unspecified atom stereocenters. The zero-order valence-electron chi connectivity index (χ0n) is 10.4. The van der Waals surface area contributed by atoms with Crippen LogP contribution in [0.15, 0.2) is 12.2 Å². The second kappa shape index (κ2) is 4.88. The van der Waals surface area contributed by atoms with Crippen LogP contribution in [0.25, 0.3) is 0 Å². The van der Waals surface area contributed by atoms with Gasteiger partial charge in [-0.2, -0.15) is 0 Å². The van der Waals surface area contributed by atoms with E-state index < -0.39 is 18.3 Å². The first kappa shape index (κ1) is 13.7. The number of hydrogen-bond donors (Lipinski definition) is 2. The number of hydrogen-bond acceptors (Lipinski definition) is 4. The summed E-state index contributed by atoms with van der Waals surface area (Å²) in [6, 6.07) is -0.355. The summed E-state index contributed by atoms with van der Waals surface area (Å²) in [5.74, 6) is 0. The molecule has 16 heavy (non-hydrogen) atoms. The predicted molar refractivity (Wildman–Crippen MR) is 62.9 cm³/mol. The first-order valence-corrected chi connectivity index (χ1v) is 5.59. The van der Waals surface area contributed by atoms with E-state index in [0.29, 0.717) is 13.0 Å². The van der Waals surface area contributed by atoms with Crippen LogP contribution in [0.1, 0.15) is 34.1 Å². The Bertz CT molecular complexity index is 257. The molecule has 0 saturated heterocycles. The molecule has 1 aliphatic heterocycles. The summed E-state index contributed by atoms with van der Waals surface area (Å²) in [4.78, 5) is 0. The van der Waals surface area contributed by atoms with Crippen LogP contribution in [-0.4, -0.2) is 41.1 Å². The lowest BCUT2D eigenvalue weighted by atomic mass is 9.76. The van der Waals surface area contributed by atoms with Crippen molar-refractivity contribution in [2.45, 2.75) is 51.3 Å². The fourth-order valence-electron chi connectivity index (χ4n) is 1.27. The molecule has 2 N–H and O–H groups in total. The number of aliphatic hydroxyl groups is 1. The van der Waals surface area contributed by atoms with Crippen molar-refractivity contribution in [1.29, 1.82) is 0 Å². The van der Waals surface area contributed by atoms with Crippen LogP contribution >= 0.6 is 0 Å². The number of ether oxygens (including phenoxy) is 1. The molecule has 1 aliphatic rings. The zero-order chi connectivity index (χ0) is 12.4. The summed E-state index contributed by atoms with van der Waals surface area (Å²) in [5, 5.41) is 19.8. The smallest absolute Gasteiger partial charge is 0.425 e. The third-order valence-electron chi connectivity index (χ3n) is 3.15. The van der Waals surface area contributed by atoms with E-state index in [1.165, 1.54) is 0 Å². The summed E-state index contributed by atoms with van der Waals surface area (Å²) in [6.45, 7) is 7.29. The fourth-order valence-corrected chi connectivity index (χ4v) is 1.27. The molecule has 0 aromatic heterocycles. The van der Waals surface area contributed by atoms with Crippen LogP contribution in [0.3, 0.4) is 0 Å². The van der Waals surface area contributed by atoms with Crippen LogP contribution in [0, 0.1) is 0 Å². The Morgan fingerprint density at radius 3 is 2.38 bits per heavy atom. The maximum atomic E-state index is 9.90. The van der Waals surface area contributed by atoms with Crippen LogP contribution in [0.5, 0.6) is 0 Å². The maximum Gasteiger partial charge on any atom is 0.486 e. The summed E-state index contributed by atoms with van der Waals surface area (Å²) < 4.78 is 10.8. The van der Waals surface area contributed by atoms with Crippen molar-refractivity contribution in [3.8, 4) is 0 Å². The van der Waals surface area contributed by atoms with Gasteiger partial charge in [-0.3, -0.25) is 0 Å². The van der Waals surface area contributed by atoms with Gasteiger partial charge in [0, 0.05) is 0 Å². The standard InChI is InChI=1S/C11H21BO4/c1-10(2,13)11(3,4)16-12(14)9-7-5-6-8-15-9/h5-6,9,13-14H,7-8H2,1-4H3. The van der Waals surface area contributed by atoms with Gasteiger partial charge in [0.1, 0.15) is 0 Å². The van der Waals surface area contributed by atoms with Crippen molar-refractivity contribution in [2.75, 3.05) is 6.61 Å². The van der Waals surface area contributed by atoms with Gasteiger partial charge >= 0.3 is 7.12 Å². The Hall–Kier alpha value is -0.355. The van der Waals surface area contributed by atoms with E-state index in [1.54, 1.807) is 27.7 Å². The van der Waals surface area contributed by atoms with Gasteiger partial charge < -0.3 is 19.5 Å². The highest BCUT2D eigenvalue weighted by Gasteiger charge is 2.41. The van der Waals surface area contributed by atoms with Crippen LogP contribution < -0.4 is 0 Å². The highest BCUT2D eigenvalue weighted by molar-refractivity contribution is 6.44. The molecule has 4 nitrogen and oxygen atoms in total. The van der Waals surface area contributed by atoms with Gasteiger partial charge in [0.25, 0.3) is 0 Å². The molecule has 0 radical (unpaired) electrons. The molecule has 1 heterocycles. The minimum absolute atomic E-state index is 0.355. The monoisotopic (exact) mass is 228 g/mol. The predicted octanol–water partition coefficient (Wildman–Crippen LogP) is 0.917. The van der Waals surface area contributed by atoms with E-state index >= 15 is 0 Å². The molecule has 5 heteroatoms. The Morgan fingerprint density at radius 1 is 1.31 bits per heavy atom. The van der Waals surface area contributed by atoms with Crippen LogP contribution in [-0.2, 0) is 9.39 Å². The van der Waals surface area contributed by atoms with E-state index in [2.05, 4.69) is 0 Å². The second-order valence-electron chi connectivity index (χ2n) is 5.16. The van der Waals surface area contributed by atoms with Crippen molar-refractivity contribution in [1.82, 2.24) is 0 Å². The van der Waals surface area contributed by atoms with Gasteiger partial charge in [-0.25, -0.2) is 0 Å². The van der Waals surface area contributed by atoms with Crippen molar-refractivity contribution >= 4 is 7.12 Å². The summed E-state index contributed by atoms with van der Waals surface area (Å²) >= 11 is 0. The molecule has 92 valence electrons. The molecule has 1 atom stereocenters. The van der Waals surface area contributed by atoms with E-state index in [9.17, 15) is 10.1 Å². The van der Waals surface area contributed by atoms with E-state index in [-0.39, 0.29) is 6.00 Å². The zero-order valence-corrected chi connectivity index (χ0v) is 10.4. The van der Waals surface area contributed by atoms with Crippen molar-refractivity contribution < 1.29 is 19.5 Å². The summed E-state index contributed by atoms with van der Waals surface area (Å²) in [7, 11) is -1.02. The van der Waals surface area contributed by atoms with Gasteiger partial charge in [0.15, 0.2) is 0 Å². The van der Waals surface area contributed by atoms with Gasteiger partial charge in [-0.05, 0) is 34.1 Å². The van der Waals surface area contributed by atoms with E-state index in [4.69, 9.17) is 9.39 Å². The largest absolute Gasteiger partial charge is 0.486 e. The number of rotatable bonds is 4. The fraction of sp³-hybridized carbons (Fsp3) is 0.818. The SMILES string of the molecule is CC(C)(O)C(C)(C)OB(O)C1CC=CCO1. The highest BCUT2D eigenvalue weighted by Crippen LogP contribution is 2.26. The van der Waals surface area contributed by atoms with Crippen molar-refractivity contribution in [3.05, 3.63) is 12.2 Å². The molecule has 0 spiro atoms. The van der Waals surface area contributed by atoms with Crippen LogP contribution in [0.2, 0.25) is 0 Å². The molecular weight excluding hydrogens is 207 g/mol. The Labute approximate surface area is 97.4 Å². The first-order chi connectivity index (χ1) is 7.24. The molecule has 1 rings (SSSR count). The van der Waals surface area contributed by atoms with Crippen molar-refractivity contribution in [3.63, 3.8) is 0 Å². The molecule has 0 aromatic rings. The Balaban J connectivity index is 2.56. The third kappa shape index (κ3) is 3.32. The first-order valence-electron chi connectivity index (χ1n) is 5.59. The lowest BCUT2D eigenvalue weighted by Crippen LogP contribution is -2.53. The quantitative estimate of drug-likeness (QED) is 0.554. The van der Waals surface area contributed by atoms with Crippen molar-refractivity contribution in [2.24, 2.45) is 0 Å². The van der Waals surface area contributed by atoms with E-state index in [0.717, 1.165) is 0 Å². The normalized spacial score (nSPS) is 22.2. The summed E-state index contributed by atoms with van der Waals surface area (Å²) in [6.07, 6.45) is 4.49. The maximum absolute atomic E-state index is 9.90. The van der Waals surface area contributed by atoms with E-state index in [1.807, 2.05) is 12.2 Å². The van der Waals surface area contributed by atoms with Gasteiger partial charge in [0.05, 0.1) is 23.8 Å². The average molecular weight is 228 g/mol. The molecular formula is C11H21BO4. The van der Waals surface area contributed by atoms with Crippen LogP contribution in [0.4, 0.5) is 0 Å². The van der Waals surface area contributed by atoms with Gasteiger partial charge in [-0.15, -0.1) is 0 Å². The molecule has 0 saturated carbocycles. The average Bonchev–Trinajstić information content (AvgIpc) is 2.16. The second-order valence-corrected chi connectivity index (χ2v) is 5.16. The molecule has 0 aromatic carbocycles. The lowest BCUT2D eigenvalue weighted by molar-refractivity contribution is -0.106. The Morgan fingerprint density at radius 2 is 1.94 bits per heavy atom. The minimum Gasteiger partial charge on any atom is -0.425 e. The van der Waals surface area contributed by atoms with Gasteiger partial charge in [0.2, 0.25) is 0 Å². The third-order valence-corrected chi connectivity index (χ3v) is 3.15. The molecule has 0 fully saturated rings. The summed E-state index contributed by atoms with van der Waals surface area (Å²) in [5.41, 5.74) is -1.87. The Kier molecular flexibility index (Phi) is 4.18. The van der Waals surface area contributed by atoms with Gasteiger partial charge in [-0.1, -0.05) is 12.2 Å².